The van der Waals surface area contributed by atoms with E-state index in [1.165, 1.54) is 37.9 Å². The Kier molecular flexibility index (Phi) is 4.06. The Morgan fingerprint density at radius 3 is 2.29 bits per heavy atom. The van der Waals surface area contributed by atoms with Gasteiger partial charge < -0.3 is 0 Å². The molecule has 4 nitrogen and oxygen atoms in total. The maximum absolute atomic E-state index is 4.49. The molecule has 1 aliphatic rings. The third-order valence-corrected chi connectivity index (χ3v) is 4.46. The minimum atomic E-state index is 0.501. The van der Waals surface area contributed by atoms with Crippen molar-refractivity contribution >= 4 is 0 Å². The first-order valence-electron chi connectivity index (χ1n) is 7.87. The van der Waals surface area contributed by atoms with E-state index >= 15 is 0 Å². The van der Waals surface area contributed by atoms with Gasteiger partial charge in [0.25, 0.3) is 0 Å². The van der Waals surface area contributed by atoms with Crippen molar-refractivity contribution in [2.24, 2.45) is 7.05 Å². The first-order chi connectivity index (χ1) is 10.1. The molecule has 1 atom stereocenters. The first kappa shape index (κ1) is 14.3. The number of hydrogen-bond acceptors (Lipinski definition) is 3. The average molecular weight is 284 g/mol. The molecule has 0 amide bonds. The zero-order valence-corrected chi connectivity index (χ0v) is 13.2. The van der Waals surface area contributed by atoms with E-state index < -0.39 is 0 Å². The van der Waals surface area contributed by atoms with Crippen molar-refractivity contribution in [1.29, 1.82) is 0 Å². The second-order valence-corrected chi connectivity index (χ2v) is 6.00. The number of rotatable bonds is 3. The van der Waals surface area contributed by atoms with E-state index in [1.54, 1.807) is 0 Å². The Morgan fingerprint density at radius 1 is 1.05 bits per heavy atom. The zero-order chi connectivity index (χ0) is 14.8. The summed E-state index contributed by atoms with van der Waals surface area (Å²) in [4.78, 5) is 7.07. The van der Waals surface area contributed by atoms with Gasteiger partial charge in [-0.05, 0) is 45.3 Å². The quantitative estimate of drug-likeness (QED) is 0.867. The summed E-state index contributed by atoms with van der Waals surface area (Å²) in [5.74, 6) is 1.75. The van der Waals surface area contributed by atoms with E-state index in [9.17, 15) is 0 Å². The van der Waals surface area contributed by atoms with E-state index in [0.29, 0.717) is 6.04 Å². The third-order valence-electron chi connectivity index (χ3n) is 4.46. The summed E-state index contributed by atoms with van der Waals surface area (Å²) in [6.45, 7) is 6.69. The molecule has 1 fully saturated rings. The number of hydrogen-bond donors (Lipinski definition) is 0. The predicted octanol–water partition coefficient (Wildman–Crippen LogP) is 3.34. The highest BCUT2D eigenvalue weighted by Gasteiger charge is 2.18. The summed E-state index contributed by atoms with van der Waals surface area (Å²) < 4.78 is 1.85. The molecule has 1 aromatic carbocycles. The Bertz CT molecular complexity index is 594. The van der Waals surface area contributed by atoms with E-state index in [1.807, 2.05) is 18.7 Å². The summed E-state index contributed by atoms with van der Waals surface area (Å²) in [6.07, 6.45) is 4.05. The molecule has 0 spiro atoms. The van der Waals surface area contributed by atoms with Crippen molar-refractivity contribution < 1.29 is 0 Å². The van der Waals surface area contributed by atoms with Crippen molar-refractivity contribution in [2.45, 2.75) is 39.2 Å². The normalized spacial score (nSPS) is 17.9. The van der Waals surface area contributed by atoms with E-state index in [2.05, 4.69) is 46.2 Å². The van der Waals surface area contributed by atoms with Crippen LogP contribution in [0.3, 0.4) is 0 Å². The zero-order valence-electron chi connectivity index (χ0n) is 13.2. The molecule has 112 valence electrons. The summed E-state index contributed by atoms with van der Waals surface area (Å²) in [5.41, 5.74) is 2.52. The molecular formula is C17H24N4. The van der Waals surface area contributed by atoms with Crippen LogP contribution in [0.15, 0.2) is 24.3 Å². The van der Waals surface area contributed by atoms with Gasteiger partial charge in [0.1, 0.15) is 5.82 Å². The molecule has 21 heavy (non-hydrogen) atoms. The summed E-state index contributed by atoms with van der Waals surface area (Å²) >= 11 is 0. The molecular weight excluding hydrogens is 260 g/mol. The number of piperidine rings is 1. The monoisotopic (exact) mass is 284 g/mol. The Labute approximate surface area is 126 Å². The number of likely N-dealkylation sites (tertiary alicyclic amines) is 1. The van der Waals surface area contributed by atoms with Gasteiger partial charge in [0.2, 0.25) is 0 Å². The lowest BCUT2D eigenvalue weighted by molar-refractivity contribution is 0.175. The van der Waals surface area contributed by atoms with Gasteiger partial charge in [0, 0.05) is 18.7 Å². The van der Waals surface area contributed by atoms with Crippen LogP contribution < -0.4 is 0 Å². The molecule has 2 heterocycles. The maximum Gasteiger partial charge on any atom is 0.158 e. The SMILES string of the molecule is Cc1nc(-c2ccc([C@H](C)N3CCCCC3)cc2)n(C)n1. The fourth-order valence-corrected chi connectivity index (χ4v) is 3.19. The van der Waals surface area contributed by atoms with Crippen LogP contribution in [0.2, 0.25) is 0 Å². The van der Waals surface area contributed by atoms with Crippen LogP contribution in [-0.4, -0.2) is 32.8 Å². The highest BCUT2D eigenvalue weighted by atomic mass is 15.3. The van der Waals surface area contributed by atoms with Crippen molar-refractivity contribution in [1.82, 2.24) is 19.7 Å². The molecule has 0 bridgehead atoms. The Balaban J connectivity index is 1.78. The molecule has 1 aliphatic heterocycles. The van der Waals surface area contributed by atoms with Gasteiger partial charge in [-0.15, -0.1) is 0 Å². The first-order valence-corrected chi connectivity index (χ1v) is 7.87. The minimum absolute atomic E-state index is 0.501. The van der Waals surface area contributed by atoms with Gasteiger partial charge in [-0.2, -0.15) is 5.10 Å². The largest absolute Gasteiger partial charge is 0.297 e. The third kappa shape index (κ3) is 3.00. The van der Waals surface area contributed by atoms with Gasteiger partial charge >= 0.3 is 0 Å². The van der Waals surface area contributed by atoms with Crippen LogP contribution in [0, 0.1) is 6.92 Å². The van der Waals surface area contributed by atoms with Crippen molar-refractivity contribution in [3.05, 3.63) is 35.7 Å². The molecule has 0 radical (unpaired) electrons. The van der Waals surface area contributed by atoms with E-state index in [0.717, 1.165) is 17.2 Å². The lowest BCUT2D eigenvalue weighted by atomic mass is 10.0. The molecule has 1 saturated heterocycles. The average Bonchev–Trinajstić information content (AvgIpc) is 2.86. The van der Waals surface area contributed by atoms with Crippen molar-refractivity contribution in [3.8, 4) is 11.4 Å². The van der Waals surface area contributed by atoms with Gasteiger partial charge in [-0.3, -0.25) is 4.90 Å². The smallest absolute Gasteiger partial charge is 0.158 e. The van der Waals surface area contributed by atoms with Crippen LogP contribution in [0.25, 0.3) is 11.4 Å². The van der Waals surface area contributed by atoms with Gasteiger partial charge in [0.05, 0.1) is 0 Å². The molecule has 0 N–H and O–H groups in total. The maximum atomic E-state index is 4.49. The lowest BCUT2D eigenvalue weighted by Crippen LogP contribution is -2.32. The summed E-state index contributed by atoms with van der Waals surface area (Å²) in [7, 11) is 1.94. The topological polar surface area (TPSA) is 34.0 Å². The van der Waals surface area contributed by atoms with Crippen molar-refractivity contribution in [2.75, 3.05) is 13.1 Å². The van der Waals surface area contributed by atoms with Gasteiger partial charge in [-0.1, -0.05) is 30.7 Å². The Morgan fingerprint density at radius 2 is 1.71 bits per heavy atom. The van der Waals surface area contributed by atoms with Crippen LogP contribution in [-0.2, 0) is 7.05 Å². The number of benzene rings is 1. The van der Waals surface area contributed by atoms with E-state index in [4.69, 9.17) is 0 Å². The highest BCUT2D eigenvalue weighted by molar-refractivity contribution is 5.55. The molecule has 0 aliphatic carbocycles. The summed E-state index contributed by atoms with van der Waals surface area (Å²) in [6, 6.07) is 9.30. The van der Waals surface area contributed by atoms with Crippen LogP contribution in [0.5, 0.6) is 0 Å². The highest BCUT2D eigenvalue weighted by Crippen LogP contribution is 2.26. The fraction of sp³-hybridized carbons (Fsp3) is 0.529. The molecule has 2 aromatic rings. The molecule has 0 saturated carbocycles. The van der Waals surface area contributed by atoms with Crippen molar-refractivity contribution in [3.63, 3.8) is 0 Å². The molecule has 1 aromatic heterocycles. The fourth-order valence-electron chi connectivity index (χ4n) is 3.19. The number of nitrogens with zero attached hydrogens (tertiary/aromatic N) is 4. The van der Waals surface area contributed by atoms with E-state index in [-0.39, 0.29) is 0 Å². The second-order valence-electron chi connectivity index (χ2n) is 6.00. The minimum Gasteiger partial charge on any atom is -0.297 e. The number of aryl methyl sites for hydroxylation is 2. The standard InChI is InChI=1S/C17H24N4/c1-13(21-11-5-4-6-12-21)15-7-9-16(10-8-15)17-18-14(2)19-20(17)3/h7-10,13H,4-6,11-12H2,1-3H3/t13-/m0/s1. The van der Waals surface area contributed by atoms with Crippen LogP contribution >= 0.6 is 0 Å². The molecule has 0 unspecified atom stereocenters. The number of aromatic nitrogens is 3. The molecule has 3 rings (SSSR count). The lowest BCUT2D eigenvalue weighted by Gasteiger charge is -2.32. The van der Waals surface area contributed by atoms with Gasteiger partial charge in [0.15, 0.2) is 5.82 Å². The molecule has 4 heteroatoms. The summed E-state index contributed by atoms with van der Waals surface area (Å²) in [5, 5.41) is 4.32. The van der Waals surface area contributed by atoms with Crippen LogP contribution in [0.1, 0.15) is 43.6 Å². The predicted molar refractivity (Wildman–Crippen MR) is 85.0 cm³/mol. The second kappa shape index (κ2) is 5.98. The Hall–Kier alpha value is -1.68. The van der Waals surface area contributed by atoms with Crippen LogP contribution in [0.4, 0.5) is 0 Å². The van der Waals surface area contributed by atoms with Gasteiger partial charge in [-0.25, -0.2) is 9.67 Å².